The molecule has 2 aromatic carbocycles. The summed E-state index contributed by atoms with van der Waals surface area (Å²) in [6, 6.07) is 14.9. The van der Waals surface area contributed by atoms with E-state index in [-0.39, 0.29) is 5.91 Å². The largest absolute Gasteiger partial charge is 0.487 e. The van der Waals surface area contributed by atoms with Crippen molar-refractivity contribution in [2.24, 2.45) is 0 Å². The van der Waals surface area contributed by atoms with Gasteiger partial charge in [0.15, 0.2) is 5.82 Å². The SMILES string of the molecule is O=C(Nc1cccc(-c2nnc3n2CCCCC3)c1)c1ccc(OCc2cscn2)cc1. The van der Waals surface area contributed by atoms with Crippen LogP contribution in [0.2, 0.25) is 0 Å². The molecule has 1 aliphatic heterocycles. The Morgan fingerprint density at radius 2 is 2.00 bits per heavy atom. The molecule has 3 heterocycles. The van der Waals surface area contributed by atoms with Crippen molar-refractivity contribution in [2.45, 2.75) is 38.8 Å². The number of anilines is 1. The monoisotopic (exact) mass is 445 g/mol. The van der Waals surface area contributed by atoms with Gasteiger partial charge >= 0.3 is 0 Å². The first-order valence-electron chi connectivity index (χ1n) is 10.7. The normalized spacial score (nSPS) is 13.2. The van der Waals surface area contributed by atoms with Gasteiger partial charge in [0, 0.05) is 35.2 Å². The third-order valence-electron chi connectivity index (χ3n) is 5.47. The van der Waals surface area contributed by atoms with Crippen LogP contribution >= 0.6 is 11.3 Å². The minimum absolute atomic E-state index is 0.173. The molecule has 7 nitrogen and oxygen atoms in total. The molecule has 8 heteroatoms. The highest BCUT2D eigenvalue weighted by atomic mass is 32.1. The van der Waals surface area contributed by atoms with Gasteiger partial charge in [0.1, 0.15) is 18.2 Å². The lowest BCUT2D eigenvalue weighted by molar-refractivity contribution is 0.102. The summed E-state index contributed by atoms with van der Waals surface area (Å²) in [4.78, 5) is 16.9. The van der Waals surface area contributed by atoms with E-state index in [0.717, 1.165) is 54.4 Å². The fourth-order valence-electron chi connectivity index (χ4n) is 3.81. The molecule has 0 fully saturated rings. The first kappa shape index (κ1) is 20.4. The molecule has 32 heavy (non-hydrogen) atoms. The van der Waals surface area contributed by atoms with Crippen LogP contribution in [0.5, 0.6) is 5.75 Å². The number of rotatable bonds is 6. The summed E-state index contributed by atoms with van der Waals surface area (Å²) in [5.74, 6) is 2.43. The van der Waals surface area contributed by atoms with Gasteiger partial charge in [0.25, 0.3) is 5.91 Å². The summed E-state index contributed by atoms with van der Waals surface area (Å²) in [5.41, 5.74) is 4.91. The highest BCUT2D eigenvalue weighted by Gasteiger charge is 2.16. The number of hydrogen-bond acceptors (Lipinski definition) is 6. The Kier molecular flexibility index (Phi) is 5.93. The van der Waals surface area contributed by atoms with Crippen LogP contribution in [0.3, 0.4) is 0 Å². The molecule has 0 radical (unpaired) electrons. The Hall–Kier alpha value is -3.52. The van der Waals surface area contributed by atoms with Gasteiger partial charge in [0.2, 0.25) is 0 Å². The molecule has 0 saturated heterocycles. The lowest BCUT2D eigenvalue weighted by Gasteiger charge is -2.10. The van der Waals surface area contributed by atoms with Crippen LogP contribution in [0.15, 0.2) is 59.4 Å². The van der Waals surface area contributed by atoms with Crippen LogP contribution in [0.1, 0.15) is 41.1 Å². The summed E-state index contributed by atoms with van der Waals surface area (Å²) in [5, 5.41) is 13.7. The molecule has 2 aromatic heterocycles. The van der Waals surface area contributed by atoms with E-state index in [1.807, 2.05) is 29.6 Å². The van der Waals surface area contributed by atoms with Crippen molar-refractivity contribution in [2.75, 3.05) is 5.32 Å². The molecule has 0 atom stereocenters. The molecular weight excluding hydrogens is 422 g/mol. The molecule has 5 rings (SSSR count). The Morgan fingerprint density at radius 3 is 2.84 bits per heavy atom. The smallest absolute Gasteiger partial charge is 0.255 e. The second-order valence-electron chi connectivity index (χ2n) is 7.73. The van der Waals surface area contributed by atoms with Crippen LogP contribution in [0.25, 0.3) is 11.4 Å². The van der Waals surface area contributed by atoms with E-state index in [1.165, 1.54) is 17.8 Å². The second kappa shape index (κ2) is 9.32. The average molecular weight is 446 g/mol. The van der Waals surface area contributed by atoms with E-state index in [1.54, 1.807) is 29.8 Å². The topological polar surface area (TPSA) is 81.9 Å². The fraction of sp³-hybridized carbons (Fsp3) is 0.250. The third kappa shape index (κ3) is 4.55. The molecule has 1 aliphatic rings. The first-order chi connectivity index (χ1) is 15.8. The molecule has 0 unspecified atom stereocenters. The highest BCUT2D eigenvalue weighted by Crippen LogP contribution is 2.25. The summed E-state index contributed by atoms with van der Waals surface area (Å²) >= 11 is 1.54. The zero-order chi connectivity index (χ0) is 21.8. The Morgan fingerprint density at radius 1 is 1.09 bits per heavy atom. The molecular formula is C24H23N5O2S. The van der Waals surface area contributed by atoms with Crippen molar-refractivity contribution < 1.29 is 9.53 Å². The molecule has 0 spiro atoms. The zero-order valence-corrected chi connectivity index (χ0v) is 18.3. The number of aryl methyl sites for hydroxylation is 1. The quantitative estimate of drug-likeness (QED) is 0.454. The van der Waals surface area contributed by atoms with Gasteiger partial charge in [-0.15, -0.1) is 21.5 Å². The number of ether oxygens (including phenoxy) is 1. The minimum atomic E-state index is -0.173. The van der Waals surface area contributed by atoms with E-state index in [4.69, 9.17) is 4.74 Å². The van der Waals surface area contributed by atoms with Gasteiger partial charge < -0.3 is 14.6 Å². The van der Waals surface area contributed by atoms with E-state index in [9.17, 15) is 4.79 Å². The van der Waals surface area contributed by atoms with Gasteiger partial charge in [-0.2, -0.15) is 0 Å². The lowest BCUT2D eigenvalue weighted by Crippen LogP contribution is -2.12. The van der Waals surface area contributed by atoms with E-state index in [0.29, 0.717) is 17.9 Å². The van der Waals surface area contributed by atoms with Crippen LogP contribution in [0.4, 0.5) is 5.69 Å². The fourth-order valence-corrected chi connectivity index (χ4v) is 4.35. The molecule has 0 bridgehead atoms. The summed E-state index contributed by atoms with van der Waals surface area (Å²) in [6.45, 7) is 1.35. The first-order valence-corrected chi connectivity index (χ1v) is 11.6. The number of amides is 1. The van der Waals surface area contributed by atoms with Crippen LogP contribution in [-0.4, -0.2) is 25.7 Å². The Bertz CT molecular complexity index is 1200. The van der Waals surface area contributed by atoms with Crippen LogP contribution in [-0.2, 0) is 19.6 Å². The van der Waals surface area contributed by atoms with Crippen molar-refractivity contribution in [3.63, 3.8) is 0 Å². The molecule has 1 amide bonds. The standard InChI is InChI=1S/C24H23N5O2S/c30-24(17-8-10-21(11-9-17)31-14-20-15-32-16-25-20)26-19-6-4-5-18(13-19)23-28-27-22-7-2-1-3-12-29(22)23/h4-6,8-11,13,15-16H,1-3,7,12,14H2,(H,26,30). The zero-order valence-electron chi connectivity index (χ0n) is 17.5. The van der Waals surface area contributed by atoms with Gasteiger partial charge in [-0.3, -0.25) is 4.79 Å². The van der Waals surface area contributed by atoms with Crippen molar-refractivity contribution in [1.82, 2.24) is 19.7 Å². The summed E-state index contributed by atoms with van der Waals surface area (Å²) < 4.78 is 7.92. The summed E-state index contributed by atoms with van der Waals surface area (Å²) in [7, 11) is 0. The number of thiazole rings is 1. The number of nitrogens with one attached hydrogen (secondary N) is 1. The molecule has 4 aromatic rings. The van der Waals surface area contributed by atoms with Gasteiger partial charge in [-0.25, -0.2) is 4.98 Å². The van der Waals surface area contributed by atoms with Crippen molar-refractivity contribution >= 4 is 22.9 Å². The van der Waals surface area contributed by atoms with Gasteiger partial charge in [0.05, 0.1) is 11.2 Å². The predicted octanol–water partition coefficient (Wildman–Crippen LogP) is 4.96. The molecule has 0 aliphatic carbocycles. The molecule has 0 saturated carbocycles. The van der Waals surface area contributed by atoms with Gasteiger partial charge in [-0.1, -0.05) is 18.6 Å². The number of aromatic nitrogens is 4. The second-order valence-corrected chi connectivity index (χ2v) is 8.45. The van der Waals surface area contributed by atoms with Gasteiger partial charge in [-0.05, 0) is 49.2 Å². The maximum atomic E-state index is 12.8. The maximum absolute atomic E-state index is 12.8. The number of carbonyl (C=O) groups excluding carboxylic acids is 1. The van der Waals surface area contributed by atoms with E-state index < -0.39 is 0 Å². The third-order valence-corrected chi connectivity index (χ3v) is 6.11. The average Bonchev–Trinajstić information content (AvgIpc) is 3.43. The Labute approximate surface area is 190 Å². The number of carbonyl (C=O) groups is 1. The number of nitrogens with zero attached hydrogens (tertiary/aromatic N) is 4. The summed E-state index contributed by atoms with van der Waals surface area (Å²) in [6.07, 6.45) is 4.47. The highest BCUT2D eigenvalue weighted by molar-refractivity contribution is 7.07. The number of benzene rings is 2. The van der Waals surface area contributed by atoms with Crippen molar-refractivity contribution in [3.05, 3.63) is 76.5 Å². The number of fused-ring (bicyclic) bond motifs is 1. The maximum Gasteiger partial charge on any atom is 0.255 e. The Balaban J connectivity index is 1.26. The predicted molar refractivity (Wildman–Crippen MR) is 124 cm³/mol. The van der Waals surface area contributed by atoms with Crippen molar-refractivity contribution in [3.8, 4) is 17.1 Å². The molecule has 162 valence electrons. The van der Waals surface area contributed by atoms with E-state index in [2.05, 4.69) is 25.1 Å². The number of hydrogen-bond donors (Lipinski definition) is 1. The van der Waals surface area contributed by atoms with Crippen LogP contribution < -0.4 is 10.1 Å². The molecule has 1 N–H and O–H groups in total. The lowest BCUT2D eigenvalue weighted by atomic mass is 10.1. The van der Waals surface area contributed by atoms with Crippen LogP contribution in [0, 0.1) is 0 Å². The van der Waals surface area contributed by atoms with E-state index >= 15 is 0 Å². The minimum Gasteiger partial charge on any atom is -0.487 e. The van der Waals surface area contributed by atoms with Crippen molar-refractivity contribution in [1.29, 1.82) is 0 Å².